The van der Waals surface area contributed by atoms with Gasteiger partial charge in [-0.1, -0.05) is 17.7 Å². The predicted molar refractivity (Wildman–Crippen MR) is 96.8 cm³/mol. The molecule has 0 spiro atoms. The number of rotatable bonds is 5. The summed E-state index contributed by atoms with van der Waals surface area (Å²) in [6, 6.07) is 13.6. The third kappa shape index (κ3) is 3.27. The molecule has 1 aromatic heterocycles. The largest absolute Gasteiger partial charge is 0.497 e. The van der Waals surface area contributed by atoms with E-state index in [9.17, 15) is 4.79 Å². The Morgan fingerprint density at radius 1 is 1.17 bits per heavy atom. The highest BCUT2D eigenvalue weighted by molar-refractivity contribution is 5.94. The van der Waals surface area contributed by atoms with Gasteiger partial charge in [0.2, 0.25) is 0 Å². The fraction of sp³-hybridized carbons (Fsp3) is 0.250. The van der Waals surface area contributed by atoms with Gasteiger partial charge in [0.25, 0.3) is 5.91 Å². The van der Waals surface area contributed by atoms with Gasteiger partial charge in [-0.25, -0.2) is 0 Å². The third-order valence-corrected chi connectivity index (χ3v) is 4.27. The summed E-state index contributed by atoms with van der Waals surface area (Å²) in [4.78, 5) is 15.6. The first-order valence-corrected chi connectivity index (χ1v) is 8.08. The zero-order chi connectivity index (χ0) is 17.1. The molecular formula is C20H22N2O2. The summed E-state index contributed by atoms with van der Waals surface area (Å²) in [5.41, 5.74) is 5.22. The smallest absolute Gasteiger partial charge is 0.251 e. The van der Waals surface area contributed by atoms with Crippen LogP contribution in [0.2, 0.25) is 0 Å². The number of aryl methyl sites for hydroxylation is 2. The summed E-state index contributed by atoms with van der Waals surface area (Å²) in [7, 11) is 1.67. The Kier molecular flexibility index (Phi) is 4.56. The van der Waals surface area contributed by atoms with E-state index < -0.39 is 0 Å². The summed E-state index contributed by atoms with van der Waals surface area (Å²) in [5.74, 6) is 0.806. The molecule has 0 fully saturated rings. The molecule has 0 radical (unpaired) electrons. The van der Waals surface area contributed by atoms with E-state index in [1.807, 2.05) is 49.4 Å². The molecular weight excluding hydrogens is 300 g/mol. The number of nitrogens with one attached hydrogen (secondary N) is 2. The van der Waals surface area contributed by atoms with Crippen LogP contribution in [0.3, 0.4) is 0 Å². The van der Waals surface area contributed by atoms with Crippen molar-refractivity contribution in [2.45, 2.75) is 20.3 Å². The lowest BCUT2D eigenvalue weighted by Gasteiger charge is -2.07. The first kappa shape index (κ1) is 16.1. The first-order valence-electron chi connectivity index (χ1n) is 8.08. The molecule has 24 heavy (non-hydrogen) atoms. The van der Waals surface area contributed by atoms with Crippen molar-refractivity contribution in [3.05, 3.63) is 64.8 Å². The summed E-state index contributed by atoms with van der Waals surface area (Å²) in [6.45, 7) is 4.64. The quantitative estimate of drug-likeness (QED) is 0.751. The van der Waals surface area contributed by atoms with Crippen molar-refractivity contribution in [1.29, 1.82) is 0 Å². The van der Waals surface area contributed by atoms with Crippen molar-refractivity contribution in [2.75, 3.05) is 13.7 Å². The molecule has 1 amide bonds. The van der Waals surface area contributed by atoms with Crippen LogP contribution in [-0.4, -0.2) is 24.5 Å². The van der Waals surface area contributed by atoms with Gasteiger partial charge in [0.1, 0.15) is 5.75 Å². The van der Waals surface area contributed by atoms with E-state index in [-0.39, 0.29) is 5.91 Å². The van der Waals surface area contributed by atoms with E-state index in [2.05, 4.69) is 17.2 Å². The molecule has 2 N–H and O–H groups in total. The number of aromatic amines is 1. The number of ether oxygens (including phenoxy) is 1. The highest BCUT2D eigenvalue weighted by Crippen LogP contribution is 2.26. The van der Waals surface area contributed by atoms with Crippen LogP contribution in [-0.2, 0) is 6.42 Å². The molecule has 0 atom stereocenters. The van der Waals surface area contributed by atoms with Gasteiger partial charge in [-0.3, -0.25) is 4.79 Å². The number of carbonyl (C=O) groups is 1. The van der Waals surface area contributed by atoms with Crippen LogP contribution in [0.1, 0.15) is 27.2 Å². The third-order valence-electron chi connectivity index (χ3n) is 4.27. The molecule has 3 aromatic rings. The molecule has 0 aliphatic heterocycles. The zero-order valence-corrected chi connectivity index (χ0v) is 14.3. The lowest BCUT2D eigenvalue weighted by molar-refractivity contribution is 0.0954. The Bertz CT molecular complexity index is 880. The van der Waals surface area contributed by atoms with Gasteiger partial charge in [-0.15, -0.1) is 0 Å². The van der Waals surface area contributed by atoms with Crippen molar-refractivity contribution in [2.24, 2.45) is 0 Å². The van der Waals surface area contributed by atoms with Crippen molar-refractivity contribution in [3.63, 3.8) is 0 Å². The molecule has 124 valence electrons. The minimum atomic E-state index is -0.0335. The van der Waals surface area contributed by atoms with Crippen LogP contribution < -0.4 is 10.1 Å². The predicted octanol–water partition coefficient (Wildman–Crippen LogP) is 3.77. The molecule has 0 bridgehead atoms. The fourth-order valence-corrected chi connectivity index (χ4v) is 3.00. The Morgan fingerprint density at radius 3 is 2.75 bits per heavy atom. The number of amides is 1. The maximum Gasteiger partial charge on any atom is 0.251 e. The van der Waals surface area contributed by atoms with Gasteiger partial charge in [-0.2, -0.15) is 0 Å². The molecule has 4 nitrogen and oxygen atoms in total. The Hall–Kier alpha value is -2.75. The van der Waals surface area contributed by atoms with Crippen LogP contribution in [0.15, 0.2) is 42.5 Å². The topological polar surface area (TPSA) is 54.1 Å². The van der Waals surface area contributed by atoms with E-state index in [1.165, 1.54) is 5.56 Å². The average molecular weight is 322 g/mol. The van der Waals surface area contributed by atoms with Gasteiger partial charge in [0.05, 0.1) is 7.11 Å². The number of benzene rings is 2. The SMILES string of the molecule is COc1ccc2[nH]c(C)c(CCNC(=O)c3cccc(C)c3)c2c1. The van der Waals surface area contributed by atoms with E-state index in [0.717, 1.165) is 34.3 Å². The molecule has 0 unspecified atom stereocenters. The van der Waals surface area contributed by atoms with Crippen molar-refractivity contribution < 1.29 is 9.53 Å². The van der Waals surface area contributed by atoms with Crippen LogP contribution in [0.25, 0.3) is 10.9 Å². The summed E-state index contributed by atoms with van der Waals surface area (Å²) < 4.78 is 5.31. The van der Waals surface area contributed by atoms with Crippen molar-refractivity contribution in [1.82, 2.24) is 10.3 Å². The summed E-state index contributed by atoms with van der Waals surface area (Å²) in [6.07, 6.45) is 0.774. The molecule has 3 rings (SSSR count). The minimum Gasteiger partial charge on any atom is -0.497 e. The van der Waals surface area contributed by atoms with E-state index in [4.69, 9.17) is 4.74 Å². The Labute approximate surface area is 141 Å². The van der Waals surface area contributed by atoms with Gasteiger partial charge >= 0.3 is 0 Å². The molecule has 2 aromatic carbocycles. The van der Waals surface area contributed by atoms with Crippen molar-refractivity contribution in [3.8, 4) is 5.75 Å². The first-order chi connectivity index (χ1) is 11.6. The number of hydrogen-bond acceptors (Lipinski definition) is 2. The lowest BCUT2D eigenvalue weighted by Crippen LogP contribution is -2.25. The number of carbonyl (C=O) groups excluding carboxylic acids is 1. The van der Waals surface area contributed by atoms with Crippen LogP contribution in [0.4, 0.5) is 0 Å². The molecule has 1 heterocycles. The Morgan fingerprint density at radius 2 is 2.00 bits per heavy atom. The average Bonchev–Trinajstić information content (AvgIpc) is 2.89. The van der Waals surface area contributed by atoms with E-state index >= 15 is 0 Å². The second kappa shape index (κ2) is 6.79. The molecule has 0 saturated carbocycles. The van der Waals surface area contributed by atoms with Gasteiger partial charge in [-0.05, 0) is 56.2 Å². The number of methoxy groups -OCH3 is 1. The molecule has 0 aliphatic rings. The zero-order valence-electron chi connectivity index (χ0n) is 14.3. The standard InChI is InChI=1S/C20H22N2O2/c1-13-5-4-6-15(11-13)20(23)21-10-9-17-14(2)22-19-8-7-16(24-3)12-18(17)19/h4-8,11-12,22H,9-10H2,1-3H3,(H,21,23). The monoisotopic (exact) mass is 322 g/mol. The molecule has 0 aliphatic carbocycles. The maximum absolute atomic E-state index is 12.2. The number of aromatic nitrogens is 1. The van der Waals surface area contributed by atoms with Gasteiger partial charge < -0.3 is 15.0 Å². The number of fused-ring (bicyclic) bond motifs is 1. The fourth-order valence-electron chi connectivity index (χ4n) is 3.00. The highest BCUT2D eigenvalue weighted by Gasteiger charge is 2.10. The van der Waals surface area contributed by atoms with Gasteiger partial charge in [0.15, 0.2) is 0 Å². The van der Waals surface area contributed by atoms with E-state index in [1.54, 1.807) is 7.11 Å². The second-order valence-corrected chi connectivity index (χ2v) is 6.02. The second-order valence-electron chi connectivity index (χ2n) is 6.02. The van der Waals surface area contributed by atoms with Crippen LogP contribution in [0, 0.1) is 13.8 Å². The van der Waals surface area contributed by atoms with E-state index in [0.29, 0.717) is 12.1 Å². The normalized spacial score (nSPS) is 10.8. The molecule has 4 heteroatoms. The Balaban J connectivity index is 1.71. The number of hydrogen-bond donors (Lipinski definition) is 2. The van der Waals surface area contributed by atoms with Gasteiger partial charge in [0, 0.05) is 28.7 Å². The summed E-state index contributed by atoms with van der Waals surface area (Å²) >= 11 is 0. The number of H-pyrrole nitrogens is 1. The van der Waals surface area contributed by atoms with Crippen molar-refractivity contribution >= 4 is 16.8 Å². The van der Waals surface area contributed by atoms with Crippen LogP contribution >= 0.6 is 0 Å². The molecule has 0 saturated heterocycles. The maximum atomic E-state index is 12.2. The van der Waals surface area contributed by atoms with Crippen LogP contribution in [0.5, 0.6) is 5.75 Å². The lowest BCUT2D eigenvalue weighted by atomic mass is 10.1. The summed E-state index contributed by atoms with van der Waals surface area (Å²) in [5, 5.41) is 4.15. The highest BCUT2D eigenvalue weighted by atomic mass is 16.5. The minimum absolute atomic E-state index is 0.0335.